The van der Waals surface area contributed by atoms with Gasteiger partial charge in [-0.05, 0) is 30.5 Å². The summed E-state index contributed by atoms with van der Waals surface area (Å²) in [6.45, 7) is 0.818. The number of ether oxygens (including phenoxy) is 2. The lowest BCUT2D eigenvalue weighted by Gasteiger charge is -2.30. The van der Waals surface area contributed by atoms with E-state index in [1.54, 1.807) is 35.2 Å². The van der Waals surface area contributed by atoms with Gasteiger partial charge in [-0.3, -0.25) is 9.36 Å². The zero-order valence-electron chi connectivity index (χ0n) is 22.5. The minimum Gasteiger partial charge on any atom is -0.393 e. The molecule has 2 aromatic heterocycles. The van der Waals surface area contributed by atoms with Crippen LogP contribution in [0.2, 0.25) is 0 Å². The number of imidazole rings is 1. The summed E-state index contributed by atoms with van der Waals surface area (Å²) in [5.74, 6) is -0.0125. The lowest BCUT2D eigenvalue weighted by molar-refractivity contribution is -0.184. The van der Waals surface area contributed by atoms with Crippen molar-refractivity contribution in [3.8, 4) is 0 Å². The van der Waals surface area contributed by atoms with Crippen molar-refractivity contribution in [2.24, 2.45) is 0 Å². The fourth-order valence-corrected chi connectivity index (χ4v) is 8.45. The maximum atomic E-state index is 12.8. The summed E-state index contributed by atoms with van der Waals surface area (Å²) in [5, 5.41) is 13.4. The highest BCUT2D eigenvalue weighted by molar-refractivity contribution is 7.45. The number of aliphatic hydroxyl groups excluding tert-OH is 1. The standard InChI is InChI=1S/C29H29N6O6P/c36-14-29-15-38-23(24(29)41-42-35-13-7-12-20(35)22(40-42)18-8-3-1-4-9-18)28(39-29)34-17-32-21-25(30-16-31-26(21)34)33-27(37)19-10-5-2-6-11-19/h1-6,8-11,16-17,20,22-24,28,36H,7,12-15H2,(H,30,31,33,37)/t20-,22+,23-,24?,28+,29-,42-/m0/s1. The number of amides is 1. The summed E-state index contributed by atoms with van der Waals surface area (Å²) < 4.78 is 30.1. The smallest absolute Gasteiger partial charge is 0.260 e. The van der Waals surface area contributed by atoms with Gasteiger partial charge in [0.15, 0.2) is 23.2 Å². The van der Waals surface area contributed by atoms with Crippen LogP contribution in [0, 0.1) is 0 Å². The SMILES string of the molecule is O=C(Nc1ncnc2c1ncn2[C@@H]1O[C@@]2(CO)CO[C@H]1C2O[P@]1O[C@H](c2ccccc2)[C@@H]2CCCN21)c1ccccc1. The second kappa shape index (κ2) is 10.4. The molecule has 0 radical (unpaired) electrons. The number of aliphatic hydroxyl groups is 1. The Kier molecular flexibility index (Phi) is 6.53. The minimum atomic E-state index is -1.39. The minimum absolute atomic E-state index is 0.0691. The van der Waals surface area contributed by atoms with E-state index in [0.717, 1.165) is 24.9 Å². The van der Waals surface area contributed by atoms with Crippen LogP contribution in [0.5, 0.6) is 0 Å². The molecule has 216 valence electrons. The van der Waals surface area contributed by atoms with Crippen LogP contribution in [0.15, 0.2) is 73.3 Å². The van der Waals surface area contributed by atoms with Crippen molar-refractivity contribution in [1.82, 2.24) is 24.2 Å². The van der Waals surface area contributed by atoms with Gasteiger partial charge in [0, 0.05) is 18.2 Å². The van der Waals surface area contributed by atoms with Gasteiger partial charge in [-0.25, -0.2) is 19.6 Å². The molecule has 4 fully saturated rings. The van der Waals surface area contributed by atoms with E-state index in [1.807, 2.05) is 24.3 Å². The Morgan fingerprint density at radius 1 is 1.12 bits per heavy atom. The van der Waals surface area contributed by atoms with Gasteiger partial charge in [-0.2, -0.15) is 0 Å². The molecule has 2 aromatic carbocycles. The lowest BCUT2D eigenvalue weighted by atomic mass is 10.0. The molecule has 13 heteroatoms. The molecule has 1 unspecified atom stereocenters. The van der Waals surface area contributed by atoms with Gasteiger partial charge in [0.2, 0.25) is 0 Å². The second-order valence-electron chi connectivity index (χ2n) is 10.9. The van der Waals surface area contributed by atoms with Crippen LogP contribution in [-0.2, 0) is 18.5 Å². The van der Waals surface area contributed by atoms with Crippen molar-refractivity contribution in [1.29, 1.82) is 0 Å². The molecule has 8 rings (SSSR count). The Morgan fingerprint density at radius 3 is 2.74 bits per heavy atom. The fraction of sp³-hybridized carbons (Fsp3) is 0.379. The highest BCUT2D eigenvalue weighted by Gasteiger charge is 2.65. The number of nitrogens with one attached hydrogen (secondary N) is 1. The van der Waals surface area contributed by atoms with E-state index in [-0.39, 0.29) is 37.1 Å². The van der Waals surface area contributed by atoms with Crippen molar-refractivity contribution in [3.05, 3.63) is 84.4 Å². The quantitative estimate of drug-likeness (QED) is 0.309. The van der Waals surface area contributed by atoms with Crippen LogP contribution in [0.25, 0.3) is 11.2 Å². The van der Waals surface area contributed by atoms with Crippen LogP contribution >= 0.6 is 8.53 Å². The van der Waals surface area contributed by atoms with Crippen molar-refractivity contribution in [3.63, 3.8) is 0 Å². The maximum Gasteiger partial charge on any atom is 0.260 e. The lowest BCUT2D eigenvalue weighted by Crippen LogP contribution is -2.45. The molecule has 2 bridgehead atoms. The number of hydrogen-bond acceptors (Lipinski definition) is 10. The number of nitrogens with zero attached hydrogens (tertiary/aromatic N) is 5. The number of benzene rings is 2. The molecule has 2 N–H and O–H groups in total. The third kappa shape index (κ3) is 4.17. The average Bonchev–Trinajstić information content (AvgIpc) is 3.86. The molecule has 12 nitrogen and oxygen atoms in total. The monoisotopic (exact) mass is 588 g/mol. The Morgan fingerprint density at radius 2 is 1.93 bits per heavy atom. The molecule has 4 aromatic rings. The van der Waals surface area contributed by atoms with Crippen LogP contribution in [-0.4, -0.2) is 78.8 Å². The summed E-state index contributed by atoms with van der Waals surface area (Å²) in [4.78, 5) is 26.0. The molecule has 1 amide bonds. The summed E-state index contributed by atoms with van der Waals surface area (Å²) >= 11 is 0. The van der Waals surface area contributed by atoms with Crippen LogP contribution in [0.1, 0.15) is 41.1 Å². The zero-order chi connectivity index (χ0) is 28.3. The molecular weight excluding hydrogens is 559 g/mol. The predicted octanol–water partition coefficient (Wildman–Crippen LogP) is 3.59. The molecule has 0 spiro atoms. The molecule has 4 aliphatic heterocycles. The van der Waals surface area contributed by atoms with E-state index in [1.165, 1.54) is 6.33 Å². The molecule has 42 heavy (non-hydrogen) atoms. The third-order valence-electron chi connectivity index (χ3n) is 8.51. The van der Waals surface area contributed by atoms with E-state index in [2.05, 4.69) is 37.1 Å². The third-order valence-corrected chi connectivity index (χ3v) is 10.2. The van der Waals surface area contributed by atoms with Crippen molar-refractivity contribution in [2.45, 2.75) is 49.0 Å². The Balaban J connectivity index is 1.06. The van der Waals surface area contributed by atoms with E-state index in [0.29, 0.717) is 16.7 Å². The Labute approximate surface area is 242 Å². The first-order chi connectivity index (χ1) is 20.6. The first-order valence-electron chi connectivity index (χ1n) is 14.0. The van der Waals surface area contributed by atoms with Gasteiger partial charge in [0.25, 0.3) is 14.4 Å². The molecular formula is C29H29N6O6P. The maximum absolute atomic E-state index is 12.8. The number of carbonyl (C=O) groups excluding carboxylic acids is 1. The first kappa shape index (κ1) is 26.3. The Bertz CT molecular complexity index is 1610. The normalized spacial score (nSPS) is 32.0. The summed E-state index contributed by atoms with van der Waals surface area (Å²) in [6.07, 6.45) is 3.26. The molecule has 6 heterocycles. The van der Waals surface area contributed by atoms with Crippen LogP contribution in [0.3, 0.4) is 0 Å². The zero-order valence-corrected chi connectivity index (χ0v) is 23.4. The number of rotatable bonds is 7. The first-order valence-corrected chi connectivity index (χ1v) is 15.2. The van der Waals surface area contributed by atoms with Gasteiger partial charge in [0.1, 0.15) is 30.2 Å². The van der Waals surface area contributed by atoms with Crippen molar-refractivity contribution < 1.29 is 28.4 Å². The van der Waals surface area contributed by atoms with Crippen molar-refractivity contribution >= 4 is 31.4 Å². The van der Waals surface area contributed by atoms with Crippen LogP contribution < -0.4 is 5.32 Å². The van der Waals surface area contributed by atoms with Crippen LogP contribution in [0.4, 0.5) is 5.82 Å². The number of carbonyl (C=O) groups is 1. The van der Waals surface area contributed by atoms with E-state index < -0.39 is 32.6 Å². The topological polar surface area (TPSA) is 133 Å². The average molecular weight is 589 g/mol. The van der Waals surface area contributed by atoms with Gasteiger partial charge in [0.05, 0.1) is 19.5 Å². The highest BCUT2D eigenvalue weighted by atomic mass is 31.2. The highest BCUT2D eigenvalue weighted by Crippen LogP contribution is 2.63. The summed E-state index contributed by atoms with van der Waals surface area (Å²) in [6, 6.07) is 19.4. The largest absolute Gasteiger partial charge is 0.393 e. The van der Waals surface area contributed by atoms with Gasteiger partial charge >= 0.3 is 0 Å². The van der Waals surface area contributed by atoms with Gasteiger partial charge in [-0.15, -0.1) is 0 Å². The summed E-state index contributed by atoms with van der Waals surface area (Å²) in [7, 11) is -1.39. The number of hydrogen-bond donors (Lipinski definition) is 2. The molecule has 0 aliphatic carbocycles. The molecule has 4 aliphatic rings. The van der Waals surface area contributed by atoms with Gasteiger partial charge in [-0.1, -0.05) is 48.5 Å². The second-order valence-corrected chi connectivity index (χ2v) is 12.4. The van der Waals surface area contributed by atoms with E-state index >= 15 is 0 Å². The van der Waals surface area contributed by atoms with E-state index in [4.69, 9.17) is 18.5 Å². The molecule has 4 saturated heterocycles. The van der Waals surface area contributed by atoms with Gasteiger partial charge < -0.3 is 28.9 Å². The number of fused-ring (bicyclic) bond motifs is 4. The Hall–Kier alpha value is -3.35. The molecule has 7 atom stereocenters. The van der Waals surface area contributed by atoms with Crippen molar-refractivity contribution in [2.75, 3.05) is 25.1 Å². The summed E-state index contributed by atoms with van der Waals surface area (Å²) in [5.41, 5.74) is 1.46. The number of aromatic nitrogens is 4. The predicted molar refractivity (Wildman–Crippen MR) is 151 cm³/mol. The molecule has 0 saturated carbocycles. The fourth-order valence-electron chi connectivity index (χ4n) is 6.41. The van der Waals surface area contributed by atoms with E-state index in [9.17, 15) is 9.90 Å². The number of anilines is 1.